The summed E-state index contributed by atoms with van der Waals surface area (Å²) in [5.74, 6) is 0.867. The SMILES string of the molecule is CN(C)Cc1ccc(N2CCN(c3cccc(S(C)(=O)=O)c3[N+](=O)[O-])CC2)nc1. The molecule has 10 heteroatoms. The van der Waals surface area contributed by atoms with E-state index < -0.39 is 14.8 Å². The van der Waals surface area contributed by atoms with Crippen molar-refractivity contribution in [2.75, 3.05) is 56.3 Å². The van der Waals surface area contributed by atoms with Gasteiger partial charge in [-0.15, -0.1) is 0 Å². The molecular weight excluding hydrogens is 394 g/mol. The molecule has 0 bridgehead atoms. The maximum absolute atomic E-state index is 12.0. The highest BCUT2D eigenvalue weighted by atomic mass is 32.2. The van der Waals surface area contributed by atoms with E-state index in [2.05, 4.69) is 20.9 Å². The Bertz CT molecular complexity index is 984. The zero-order chi connectivity index (χ0) is 21.2. The molecule has 1 fully saturated rings. The first-order chi connectivity index (χ1) is 13.7. The van der Waals surface area contributed by atoms with Crippen LogP contribution in [-0.2, 0) is 16.4 Å². The number of hydrogen-bond acceptors (Lipinski definition) is 8. The number of nitrogens with zero attached hydrogens (tertiary/aromatic N) is 5. The number of anilines is 2. The minimum atomic E-state index is -3.70. The number of hydrogen-bond donors (Lipinski definition) is 0. The van der Waals surface area contributed by atoms with Crippen LogP contribution in [0.25, 0.3) is 0 Å². The second kappa shape index (κ2) is 8.34. The quantitative estimate of drug-likeness (QED) is 0.516. The first-order valence-corrected chi connectivity index (χ1v) is 11.1. The second-order valence-corrected chi connectivity index (χ2v) is 9.37. The van der Waals surface area contributed by atoms with Crippen molar-refractivity contribution in [3.63, 3.8) is 0 Å². The number of piperazine rings is 1. The van der Waals surface area contributed by atoms with Crippen molar-refractivity contribution in [3.8, 4) is 0 Å². The summed E-state index contributed by atoms with van der Waals surface area (Å²) in [5.41, 5.74) is 1.12. The van der Waals surface area contributed by atoms with Crippen molar-refractivity contribution in [1.29, 1.82) is 0 Å². The second-order valence-electron chi connectivity index (χ2n) is 7.39. The van der Waals surface area contributed by atoms with Crippen LogP contribution in [0.15, 0.2) is 41.4 Å². The lowest BCUT2D eigenvalue weighted by atomic mass is 10.2. The first kappa shape index (κ1) is 21.0. The molecule has 0 radical (unpaired) electrons. The predicted molar refractivity (Wildman–Crippen MR) is 112 cm³/mol. The summed E-state index contributed by atoms with van der Waals surface area (Å²) in [7, 11) is 0.312. The topological polar surface area (TPSA) is 99.9 Å². The molecule has 1 aliphatic rings. The van der Waals surface area contributed by atoms with Gasteiger partial charge in [0.15, 0.2) is 9.84 Å². The molecule has 29 heavy (non-hydrogen) atoms. The maximum atomic E-state index is 12.0. The minimum absolute atomic E-state index is 0.249. The summed E-state index contributed by atoms with van der Waals surface area (Å²) in [5, 5.41) is 11.6. The Morgan fingerprint density at radius 1 is 1.10 bits per heavy atom. The van der Waals surface area contributed by atoms with E-state index in [1.807, 2.05) is 31.3 Å². The Morgan fingerprint density at radius 3 is 2.28 bits per heavy atom. The summed E-state index contributed by atoms with van der Waals surface area (Å²) in [6.07, 6.45) is 2.85. The predicted octanol–water partition coefficient (Wildman–Crippen LogP) is 1.78. The van der Waals surface area contributed by atoms with Crippen LogP contribution in [0, 0.1) is 10.1 Å². The van der Waals surface area contributed by atoms with Crippen LogP contribution in [0.2, 0.25) is 0 Å². The molecule has 156 valence electrons. The zero-order valence-electron chi connectivity index (χ0n) is 16.8. The van der Waals surface area contributed by atoms with Crippen molar-refractivity contribution < 1.29 is 13.3 Å². The van der Waals surface area contributed by atoms with Crippen LogP contribution in [0.4, 0.5) is 17.2 Å². The van der Waals surface area contributed by atoms with Gasteiger partial charge < -0.3 is 14.7 Å². The lowest BCUT2D eigenvalue weighted by molar-refractivity contribution is -0.387. The number of para-hydroxylation sites is 1. The molecule has 1 aliphatic heterocycles. The van der Waals surface area contributed by atoms with Gasteiger partial charge in [0.2, 0.25) is 0 Å². The monoisotopic (exact) mass is 419 g/mol. The van der Waals surface area contributed by atoms with Gasteiger partial charge in [-0.2, -0.15) is 0 Å². The van der Waals surface area contributed by atoms with Crippen LogP contribution in [0.5, 0.6) is 0 Å². The average molecular weight is 420 g/mol. The van der Waals surface area contributed by atoms with Crippen LogP contribution in [-0.4, -0.2) is 69.8 Å². The Morgan fingerprint density at radius 2 is 1.76 bits per heavy atom. The molecule has 0 N–H and O–H groups in total. The Kier molecular flexibility index (Phi) is 6.04. The van der Waals surface area contributed by atoms with Crippen LogP contribution in [0.1, 0.15) is 5.56 Å². The van der Waals surface area contributed by atoms with Gasteiger partial charge in [-0.05, 0) is 37.9 Å². The number of pyridine rings is 1. The molecule has 1 saturated heterocycles. The number of sulfone groups is 1. The molecule has 9 nitrogen and oxygen atoms in total. The van der Waals surface area contributed by atoms with Gasteiger partial charge in [-0.3, -0.25) is 10.1 Å². The normalized spacial score (nSPS) is 15.0. The smallest absolute Gasteiger partial charge is 0.311 e. The molecular formula is C19H25N5O4S. The molecule has 0 aliphatic carbocycles. The maximum Gasteiger partial charge on any atom is 0.311 e. The molecule has 0 atom stereocenters. The largest absolute Gasteiger partial charge is 0.362 e. The summed E-state index contributed by atoms with van der Waals surface area (Å²) < 4.78 is 24.0. The fourth-order valence-electron chi connectivity index (χ4n) is 3.49. The van der Waals surface area contributed by atoms with Crippen molar-refractivity contribution in [2.45, 2.75) is 11.4 Å². The van der Waals surface area contributed by atoms with Gasteiger partial charge in [0.05, 0.1) is 4.92 Å². The average Bonchev–Trinajstić information content (AvgIpc) is 2.67. The summed E-state index contributed by atoms with van der Waals surface area (Å²) >= 11 is 0. The Labute approximate surface area is 170 Å². The third kappa shape index (κ3) is 4.83. The minimum Gasteiger partial charge on any atom is -0.362 e. The number of aromatic nitrogens is 1. The van der Waals surface area contributed by atoms with Gasteiger partial charge in [-0.25, -0.2) is 13.4 Å². The molecule has 1 aromatic carbocycles. The van der Waals surface area contributed by atoms with Gasteiger partial charge in [0.25, 0.3) is 0 Å². The van der Waals surface area contributed by atoms with Crippen molar-refractivity contribution in [1.82, 2.24) is 9.88 Å². The molecule has 0 spiro atoms. The molecule has 3 rings (SSSR count). The molecule has 2 aromatic rings. The zero-order valence-corrected chi connectivity index (χ0v) is 17.6. The van der Waals surface area contributed by atoms with Gasteiger partial charge in [-0.1, -0.05) is 12.1 Å². The van der Waals surface area contributed by atoms with Crippen LogP contribution in [0.3, 0.4) is 0 Å². The molecule has 2 heterocycles. The van der Waals surface area contributed by atoms with E-state index in [9.17, 15) is 18.5 Å². The lowest BCUT2D eigenvalue weighted by Crippen LogP contribution is -2.47. The fourth-order valence-corrected chi connectivity index (χ4v) is 4.34. The van der Waals surface area contributed by atoms with Crippen molar-refractivity contribution in [2.24, 2.45) is 0 Å². The standard InChI is InChI=1S/C19H25N5O4S/c1-21(2)14-15-7-8-18(20-13-15)23-11-9-22(10-12-23)16-5-4-6-17(29(3,27)28)19(16)24(25)26/h4-8,13H,9-12,14H2,1-3H3. The van der Waals surface area contributed by atoms with Crippen LogP contribution < -0.4 is 9.80 Å². The van der Waals surface area contributed by atoms with E-state index in [4.69, 9.17) is 0 Å². The van der Waals surface area contributed by atoms with Crippen LogP contribution >= 0.6 is 0 Å². The highest BCUT2D eigenvalue weighted by molar-refractivity contribution is 7.90. The highest BCUT2D eigenvalue weighted by Gasteiger charge is 2.30. The number of benzene rings is 1. The lowest BCUT2D eigenvalue weighted by Gasteiger charge is -2.36. The third-order valence-electron chi connectivity index (χ3n) is 4.81. The Hall–Kier alpha value is -2.72. The molecule has 0 amide bonds. The first-order valence-electron chi connectivity index (χ1n) is 9.24. The van der Waals surface area contributed by atoms with E-state index in [-0.39, 0.29) is 10.6 Å². The number of nitro benzene ring substituents is 1. The van der Waals surface area contributed by atoms with Crippen molar-refractivity contribution >= 4 is 27.0 Å². The highest BCUT2D eigenvalue weighted by Crippen LogP contribution is 2.35. The van der Waals surface area contributed by atoms with E-state index in [0.29, 0.717) is 31.9 Å². The van der Waals surface area contributed by atoms with Crippen molar-refractivity contribution in [3.05, 3.63) is 52.2 Å². The molecule has 1 aromatic heterocycles. The van der Waals surface area contributed by atoms with Gasteiger partial charge in [0, 0.05) is 45.2 Å². The number of nitro groups is 1. The molecule has 0 saturated carbocycles. The van der Waals surface area contributed by atoms with Gasteiger partial charge in [0.1, 0.15) is 16.4 Å². The van der Waals surface area contributed by atoms with E-state index in [1.54, 1.807) is 12.1 Å². The van der Waals surface area contributed by atoms with Gasteiger partial charge >= 0.3 is 5.69 Å². The summed E-state index contributed by atoms with van der Waals surface area (Å²) in [6.45, 7) is 3.17. The summed E-state index contributed by atoms with van der Waals surface area (Å²) in [6, 6.07) is 8.48. The fraction of sp³-hybridized carbons (Fsp3) is 0.421. The van der Waals surface area contributed by atoms with E-state index in [0.717, 1.165) is 24.2 Å². The Balaban J connectivity index is 1.77. The molecule has 0 unspecified atom stereocenters. The summed E-state index contributed by atoms with van der Waals surface area (Å²) in [4.78, 5) is 21.4. The van der Waals surface area contributed by atoms with E-state index in [1.165, 1.54) is 6.07 Å². The van der Waals surface area contributed by atoms with E-state index >= 15 is 0 Å². The third-order valence-corrected chi connectivity index (χ3v) is 5.94. The number of rotatable bonds is 6.